The summed E-state index contributed by atoms with van der Waals surface area (Å²) in [6.45, 7) is 0.343. The van der Waals surface area contributed by atoms with Crippen LogP contribution in [0.4, 0.5) is 0 Å². The quantitative estimate of drug-likeness (QED) is 0.287. The SMILES string of the molecule is COCCON=C(C(=O)O)c1nc2ccccc2n(C2C[C@H]3CCC[C@@H](C2)N3C2C[C@H]3CCCC[C@@H](C2)C3)c1=O. The van der Waals surface area contributed by atoms with Crippen molar-refractivity contribution in [2.45, 2.75) is 101 Å². The third kappa shape index (κ3) is 5.42. The Kier molecular flexibility index (Phi) is 8.21. The van der Waals surface area contributed by atoms with Gasteiger partial charge in [-0.1, -0.05) is 49.4 Å². The molecule has 3 heterocycles. The van der Waals surface area contributed by atoms with Crippen LogP contribution in [0.25, 0.3) is 11.0 Å². The molecule has 0 amide bonds. The lowest BCUT2D eigenvalue weighted by atomic mass is 9.73. The van der Waals surface area contributed by atoms with E-state index < -0.39 is 17.2 Å². The summed E-state index contributed by atoms with van der Waals surface area (Å²) >= 11 is 0. The Morgan fingerprint density at radius 3 is 2.30 bits per heavy atom. The van der Waals surface area contributed by atoms with Crippen LogP contribution >= 0.6 is 0 Å². The summed E-state index contributed by atoms with van der Waals surface area (Å²) in [5.41, 5.74) is 0.291. The van der Waals surface area contributed by atoms with E-state index in [1.807, 2.05) is 28.8 Å². The largest absolute Gasteiger partial charge is 0.476 e. The number of hydrogen-bond acceptors (Lipinski definition) is 7. The number of rotatable bonds is 8. The number of aliphatic carboxylic acids is 1. The number of benzene rings is 1. The number of hydrogen-bond donors (Lipinski definition) is 1. The summed E-state index contributed by atoms with van der Waals surface area (Å²) in [7, 11) is 1.52. The minimum atomic E-state index is -1.34. The van der Waals surface area contributed by atoms with Gasteiger partial charge in [-0.25, -0.2) is 9.78 Å². The molecule has 2 aliphatic heterocycles. The van der Waals surface area contributed by atoms with Gasteiger partial charge >= 0.3 is 5.97 Å². The standard InChI is InChI=1S/C31H42N4O5/c1-39-13-14-40-33-29(31(37)38)28-30(36)35(27-12-5-4-11-26(27)32-28)25-18-22-9-6-10-23(19-25)34(22)24-16-20-7-2-3-8-21(15-20)17-24/h4-5,11-12,20-25H,2-3,6-10,13-19H2,1H3,(H,37,38)/t20-,21+,22-,23+,24?,25?. The van der Waals surface area contributed by atoms with Gasteiger partial charge in [-0.15, -0.1) is 0 Å². The Hall–Kier alpha value is -2.78. The highest BCUT2D eigenvalue weighted by molar-refractivity contribution is 6.41. The summed E-state index contributed by atoms with van der Waals surface area (Å²) < 4.78 is 6.79. The molecule has 2 saturated heterocycles. The third-order valence-electron chi connectivity index (χ3n) is 9.90. The second-order valence-corrected chi connectivity index (χ2v) is 12.4. The van der Waals surface area contributed by atoms with Crippen LogP contribution in [0.1, 0.15) is 88.8 Å². The molecule has 4 aliphatic rings. The lowest BCUT2D eigenvalue weighted by Crippen LogP contribution is -2.58. The van der Waals surface area contributed by atoms with Crippen LogP contribution in [-0.2, 0) is 14.4 Å². The molecule has 6 rings (SSSR count). The number of methoxy groups -OCH3 is 1. The molecule has 2 saturated carbocycles. The van der Waals surface area contributed by atoms with Crippen LogP contribution in [0.15, 0.2) is 34.2 Å². The molecule has 2 unspecified atom stereocenters. The van der Waals surface area contributed by atoms with Crippen LogP contribution in [0.2, 0.25) is 0 Å². The molecule has 40 heavy (non-hydrogen) atoms. The molecule has 0 radical (unpaired) electrons. The fraction of sp³-hybridized carbons (Fsp3) is 0.677. The van der Waals surface area contributed by atoms with Gasteiger partial charge in [-0.2, -0.15) is 0 Å². The molecule has 2 aromatic rings. The van der Waals surface area contributed by atoms with Crippen LogP contribution in [0.3, 0.4) is 0 Å². The average molecular weight is 551 g/mol. The zero-order valence-electron chi connectivity index (χ0n) is 23.5. The van der Waals surface area contributed by atoms with Crippen molar-refractivity contribution in [2.24, 2.45) is 17.0 Å². The molecular weight excluding hydrogens is 508 g/mol. The number of nitrogens with zero attached hydrogens (tertiary/aromatic N) is 4. The first-order chi connectivity index (χ1) is 19.5. The molecule has 6 atom stereocenters. The second-order valence-electron chi connectivity index (χ2n) is 12.4. The van der Waals surface area contributed by atoms with Gasteiger partial charge in [0.1, 0.15) is 6.61 Å². The number of piperidine rings is 2. The first-order valence-corrected chi connectivity index (χ1v) is 15.2. The Balaban J connectivity index is 1.33. The maximum Gasteiger partial charge on any atom is 0.360 e. The van der Waals surface area contributed by atoms with Crippen LogP contribution in [-0.4, -0.2) is 69.7 Å². The Bertz CT molecular complexity index is 1280. The number of oxime groups is 1. The maximum absolute atomic E-state index is 14.1. The molecule has 1 N–H and O–H groups in total. The van der Waals surface area contributed by atoms with Crippen molar-refractivity contribution < 1.29 is 19.5 Å². The minimum absolute atomic E-state index is 0.0129. The highest BCUT2D eigenvalue weighted by Gasteiger charge is 2.45. The summed E-state index contributed by atoms with van der Waals surface area (Å²) in [6.07, 6.45) is 15.0. The van der Waals surface area contributed by atoms with Crippen molar-refractivity contribution in [3.63, 3.8) is 0 Å². The number of carboxylic acid groups (broad SMARTS) is 1. The van der Waals surface area contributed by atoms with Gasteiger partial charge in [0.2, 0.25) is 5.71 Å². The van der Waals surface area contributed by atoms with E-state index in [0.717, 1.165) is 30.2 Å². The smallest absolute Gasteiger partial charge is 0.360 e. The number of aromatic nitrogens is 2. The van der Waals surface area contributed by atoms with E-state index in [0.29, 0.717) is 23.6 Å². The lowest BCUT2D eigenvalue weighted by Gasteiger charge is -2.54. The predicted molar refractivity (Wildman–Crippen MR) is 153 cm³/mol. The van der Waals surface area contributed by atoms with Gasteiger partial charge in [0.15, 0.2) is 5.69 Å². The van der Waals surface area contributed by atoms with E-state index in [1.54, 1.807) is 0 Å². The van der Waals surface area contributed by atoms with Crippen LogP contribution in [0, 0.1) is 11.8 Å². The molecule has 9 heteroatoms. The number of carboxylic acids is 1. The number of carbonyl (C=O) groups is 1. The lowest BCUT2D eigenvalue weighted by molar-refractivity contribution is -0.129. The van der Waals surface area contributed by atoms with Gasteiger partial charge in [-0.3, -0.25) is 9.69 Å². The number of ether oxygens (including phenoxy) is 1. The molecule has 216 valence electrons. The molecule has 4 bridgehead atoms. The minimum Gasteiger partial charge on any atom is -0.476 e. The molecule has 0 spiro atoms. The molecular formula is C31H42N4O5. The van der Waals surface area contributed by atoms with E-state index in [-0.39, 0.29) is 24.9 Å². The molecule has 9 nitrogen and oxygen atoms in total. The van der Waals surface area contributed by atoms with Gasteiger partial charge < -0.3 is 19.2 Å². The van der Waals surface area contributed by atoms with Crippen molar-refractivity contribution in [2.75, 3.05) is 20.3 Å². The molecule has 1 aromatic carbocycles. The monoisotopic (exact) mass is 550 g/mol. The van der Waals surface area contributed by atoms with E-state index in [1.165, 1.54) is 71.3 Å². The summed E-state index contributed by atoms with van der Waals surface area (Å²) in [5.74, 6) is 0.409. The zero-order chi connectivity index (χ0) is 27.6. The Morgan fingerprint density at radius 1 is 0.925 bits per heavy atom. The fourth-order valence-electron chi connectivity index (χ4n) is 8.39. The maximum atomic E-state index is 14.1. The van der Waals surface area contributed by atoms with E-state index in [4.69, 9.17) is 9.57 Å². The first-order valence-electron chi connectivity index (χ1n) is 15.2. The number of para-hydroxylation sites is 2. The predicted octanol–water partition coefficient (Wildman–Crippen LogP) is 4.77. The second kappa shape index (κ2) is 12.0. The third-order valence-corrected chi connectivity index (χ3v) is 9.90. The Morgan fingerprint density at radius 2 is 1.62 bits per heavy atom. The van der Waals surface area contributed by atoms with Gasteiger partial charge in [0.25, 0.3) is 5.56 Å². The van der Waals surface area contributed by atoms with E-state index >= 15 is 0 Å². The van der Waals surface area contributed by atoms with Gasteiger partial charge in [-0.05, 0) is 68.9 Å². The van der Waals surface area contributed by atoms with Gasteiger partial charge in [0, 0.05) is 31.3 Å². The van der Waals surface area contributed by atoms with E-state index in [9.17, 15) is 14.7 Å². The fourth-order valence-corrected chi connectivity index (χ4v) is 8.39. The highest BCUT2D eigenvalue weighted by atomic mass is 16.6. The highest BCUT2D eigenvalue weighted by Crippen LogP contribution is 2.47. The average Bonchev–Trinajstić information content (AvgIpc) is 3.11. The topological polar surface area (TPSA) is 106 Å². The summed E-state index contributed by atoms with van der Waals surface area (Å²) in [6, 6.07) is 9.09. The van der Waals surface area contributed by atoms with Crippen molar-refractivity contribution in [3.8, 4) is 0 Å². The Labute approximate surface area is 235 Å². The van der Waals surface area contributed by atoms with Crippen molar-refractivity contribution in [1.82, 2.24) is 14.5 Å². The van der Waals surface area contributed by atoms with Crippen LogP contribution in [0.5, 0.6) is 0 Å². The normalized spacial score (nSPS) is 31.1. The summed E-state index contributed by atoms with van der Waals surface area (Å²) in [5, 5.41) is 13.7. The van der Waals surface area contributed by atoms with Gasteiger partial charge in [0.05, 0.1) is 17.6 Å². The molecule has 1 aromatic heterocycles. The first kappa shape index (κ1) is 27.4. The summed E-state index contributed by atoms with van der Waals surface area (Å²) in [4.78, 5) is 38.8. The van der Waals surface area contributed by atoms with Crippen molar-refractivity contribution >= 4 is 22.7 Å². The molecule has 4 fully saturated rings. The zero-order valence-corrected chi connectivity index (χ0v) is 23.5. The van der Waals surface area contributed by atoms with Crippen molar-refractivity contribution in [1.29, 1.82) is 0 Å². The van der Waals surface area contributed by atoms with E-state index in [2.05, 4.69) is 15.0 Å². The van der Waals surface area contributed by atoms with Crippen molar-refractivity contribution in [3.05, 3.63) is 40.3 Å². The number of fused-ring (bicyclic) bond motifs is 5. The van der Waals surface area contributed by atoms with Crippen LogP contribution < -0.4 is 5.56 Å². The molecule has 2 aliphatic carbocycles.